The van der Waals surface area contributed by atoms with Crippen molar-refractivity contribution in [2.24, 2.45) is 5.41 Å². The fraction of sp³-hybridized carbons (Fsp3) is 0.889. The highest BCUT2D eigenvalue weighted by molar-refractivity contribution is 7.92. The van der Waals surface area contributed by atoms with Crippen LogP contribution < -0.4 is 5.32 Å². The maximum absolute atomic E-state index is 11.1. The van der Waals surface area contributed by atoms with Crippen molar-refractivity contribution in [1.29, 1.82) is 0 Å². The van der Waals surface area contributed by atoms with Crippen LogP contribution in [0.5, 0.6) is 0 Å². The summed E-state index contributed by atoms with van der Waals surface area (Å²) in [4.78, 5) is 10.4. The molecule has 5 nitrogen and oxygen atoms in total. The van der Waals surface area contributed by atoms with E-state index in [0.717, 1.165) is 25.7 Å². The Bertz CT molecular complexity index is 354. The Morgan fingerprint density at radius 1 is 1.27 bits per heavy atom. The molecule has 0 radical (unpaired) electrons. The second-order valence-corrected chi connectivity index (χ2v) is 6.82. The Morgan fingerprint density at radius 2 is 1.80 bits per heavy atom. The maximum atomic E-state index is 11.1. The van der Waals surface area contributed by atoms with Gasteiger partial charge in [-0.3, -0.25) is 0 Å². The molecular weight excluding hydrogens is 218 g/mol. The van der Waals surface area contributed by atoms with Crippen LogP contribution >= 0.6 is 0 Å². The molecule has 1 aliphatic heterocycles. The van der Waals surface area contributed by atoms with Crippen LogP contribution in [0.25, 0.3) is 0 Å². The first-order valence-electron chi connectivity index (χ1n) is 5.11. The lowest BCUT2D eigenvalue weighted by Gasteiger charge is -2.45. The van der Waals surface area contributed by atoms with Gasteiger partial charge in [-0.05, 0) is 31.1 Å². The number of nitrogens with one attached hydrogen (secondary N) is 1. The first-order valence-corrected chi connectivity index (χ1v) is 6.93. The zero-order valence-electron chi connectivity index (χ0n) is 8.40. The molecule has 1 heterocycles. The van der Waals surface area contributed by atoms with Crippen molar-refractivity contribution in [3.8, 4) is 0 Å². The Balaban J connectivity index is 1.86. The lowest BCUT2D eigenvalue weighted by atomic mass is 9.74. The monoisotopic (exact) mass is 233 g/mol. The number of rotatable bonds is 1. The molecule has 86 valence electrons. The van der Waals surface area contributed by atoms with Gasteiger partial charge in [0.2, 0.25) is 0 Å². The van der Waals surface area contributed by atoms with Crippen molar-refractivity contribution in [3.63, 3.8) is 0 Å². The van der Waals surface area contributed by atoms with Crippen LogP contribution in [0.15, 0.2) is 0 Å². The highest BCUT2D eigenvalue weighted by Crippen LogP contribution is 2.45. The molecule has 2 aliphatic rings. The average molecular weight is 233 g/mol. The number of amides is 1. The van der Waals surface area contributed by atoms with Gasteiger partial charge in [-0.2, -0.15) is 0 Å². The van der Waals surface area contributed by atoms with Gasteiger partial charge in [0.1, 0.15) is 0 Å². The molecule has 2 rings (SSSR count). The molecule has 2 fully saturated rings. The maximum Gasteiger partial charge on any atom is 0.404 e. The summed E-state index contributed by atoms with van der Waals surface area (Å²) >= 11 is 0. The van der Waals surface area contributed by atoms with E-state index in [0.29, 0.717) is 11.5 Å². The molecule has 1 saturated heterocycles. The van der Waals surface area contributed by atoms with Crippen molar-refractivity contribution in [2.75, 3.05) is 11.5 Å². The van der Waals surface area contributed by atoms with Crippen molar-refractivity contribution < 1.29 is 18.3 Å². The summed E-state index contributed by atoms with van der Waals surface area (Å²) in [6.07, 6.45) is 2.20. The highest BCUT2D eigenvalue weighted by atomic mass is 32.2. The molecule has 1 aliphatic carbocycles. The second kappa shape index (κ2) is 3.37. The van der Waals surface area contributed by atoms with Gasteiger partial charge in [-0.1, -0.05) is 0 Å². The molecule has 0 atom stereocenters. The third-order valence-electron chi connectivity index (χ3n) is 3.43. The summed E-state index contributed by atoms with van der Waals surface area (Å²) in [7, 11) is -2.77. The summed E-state index contributed by atoms with van der Waals surface area (Å²) in [6.45, 7) is 0. The normalized spacial score (nSPS) is 28.3. The molecule has 2 N–H and O–H groups in total. The molecule has 6 heteroatoms. The molecule has 0 aromatic carbocycles. The molecule has 1 spiro atoms. The minimum Gasteiger partial charge on any atom is -0.465 e. The smallest absolute Gasteiger partial charge is 0.404 e. The summed E-state index contributed by atoms with van der Waals surface area (Å²) < 4.78 is 22.2. The first-order chi connectivity index (χ1) is 6.91. The van der Waals surface area contributed by atoms with Crippen LogP contribution in [0.4, 0.5) is 4.79 Å². The van der Waals surface area contributed by atoms with Gasteiger partial charge in [0.25, 0.3) is 0 Å². The van der Waals surface area contributed by atoms with Crippen molar-refractivity contribution >= 4 is 15.9 Å². The third kappa shape index (κ3) is 2.25. The largest absolute Gasteiger partial charge is 0.465 e. The number of hydrogen-bond acceptors (Lipinski definition) is 3. The number of carbonyl (C=O) groups is 1. The van der Waals surface area contributed by atoms with Gasteiger partial charge in [0.15, 0.2) is 9.84 Å². The quantitative estimate of drug-likeness (QED) is 0.695. The molecule has 0 bridgehead atoms. The highest BCUT2D eigenvalue weighted by Gasteiger charge is 2.49. The van der Waals surface area contributed by atoms with Gasteiger partial charge >= 0.3 is 6.09 Å². The number of sulfone groups is 1. The Morgan fingerprint density at radius 3 is 2.20 bits per heavy atom. The van der Waals surface area contributed by atoms with E-state index in [1.807, 2.05) is 0 Å². The van der Waals surface area contributed by atoms with Crippen LogP contribution in [0, 0.1) is 5.41 Å². The Labute approximate surface area is 88.8 Å². The fourth-order valence-electron chi connectivity index (χ4n) is 2.73. The van der Waals surface area contributed by atoms with E-state index >= 15 is 0 Å². The number of hydrogen-bond donors (Lipinski definition) is 2. The minimum atomic E-state index is -2.77. The van der Waals surface area contributed by atoms with Crippen LogP contribution in [0.1, 0.15) is 25.7 Å². The van der Waals surface area contributed by atoms with E-state index < -0.39 is 15.9 Å². The van der Waals surface area contributed by atoms with Gasteiger partial charge in [0.05, 0.1) is 11.5 Å². The summed E-state index contributed by atoms with van der Waals surface area (Å²) in [5.74, 6) is 0.611. The van der Waals surface area contributed by atoms with E-state index in [1.165, 1.54) is 0 Å². The van der Waals surface area contributed by atoms with Crippen LogP contribution in [-0.4, -0.2) is 37.2 Å². The second-order valence-electron chi connectivity index (χ2n) is 4.76. The average Bonchev–Trinajstić information content (AvgIpc) is 2.05. The molecule has 0 aromatic heterocycles. The first kappa shape index (κ1) is 10.7. The van der Waals surface area contributed by atoms with Crippen LogP contribution in [-0.2, 0) is 9.84 Å². The van der Waals surface area contributed by atoms with Crippen LogP contribution in [0.2, 0.25) is 0 Å². The summed E-state index contributed by atoms with van der Waals surface area (Å²) in [5.41, 5.74) is -0.0183. The Kier molecular flexibility index (Phi) is 2.41. The molecule has 0 unspecified atom stereocenters. The summed E-state index contributed by atoms with van der Waals surface area (Å²) in [5, 5.41) is 11.0. The molecule has 0 aromatic rings. The predicted octanol–water partition coefficient (Wildman–Crippen LogP) is 0.611. The van der Waals surface area contributed by atoms with Crippen LogP contribution in [0.3, 0.4) is 0 Å². The molecule has 1 saturated carbocycles. The zero-order chi connectivity index (χ0) is 11.1. The van der Waals surface area contributed by atoms with E-state index in [2.05, 4.69) is 5.32 Å². The predicted molar refractivity (Wildman–Crippen MR) is 54.5 cm³/mol. The molecule has 15 heavy (non-hydrogen) atoms. The molecular formula is C9H15NO4S. The van der Waals surface area contributed by atoms with Gasteiger partial charge in [0, 0.05) is 6.04 Å². The summed E-state index contributed by atoms with van der Waals surface area (Å²) in [6, 6.07) is 0.0106. The standard InChI is InChI=1S/C9H15NO4S/c11-8(12)10-7-1-3-9(4-2-7)5-15(13,14)6-9/h7,10H,1-6H2,(H,11,12). The van der Waals surface area contributed by atoms with Gasteiger partial charge in [-0.15, -0.1) is 0 Å². The third-order valence-corrected chi connectivity index (χ3v) is 5.53. The Hall–Kier alpha value is -0.780. The molecule has 1 amide bonds. The zero-order valence-corrected chi connectivity index (χ0v) is 9.22. The van der Waals surface area contributed by atoms with E-state index in [-0.39, 0.29) is 11.5 Å². The minimum absolute atomic E-state index is 0.0106. The van der Waals surface area contributed by atoms with Gasteiger partial charge in [-0.25, -0.2) is 13.2 Å². The fourth-order valence-corrected chi connectivity index (χ4v) is 5.09. The van der Waals surface area contributed by atoms with E-state index in [4.69, 9.17) is 5.11 Å². The lowest BCUT2D eigenvalue weighted by Crippen LogP contribution is -2.52. The topological polar surface area (TPSA) is 83.5 Å². The van der Waals surface area contributed by atoms with Gasteiger partial charge < -0.3 is 10.4 Å². The van der Waals surface area contributed by atoms with Crippen molar-refractivity contribution in [1.82, 2.24) is 5.32 Å². The van der Waals surface area contributed by atoms with Crippen molar-refractivity contribution in [2.45, 2.75) is 31.7 Å². The van der Waals surface area contributed by atoms with E-state index in [9.17, 15) is 13.2 Å². The van der Waals surface area contributed by atoms with E-state index in [1.54, 1.807) is 0 Å². The number of carboxylic acid groups (broad SMARTS) is 1. The SMILES string of the molecule is O=C(O)NC1CCC2(CC1)CS(=O)(=O)C2. The lowest BCUT2D eigenvalue weighted by molar-refractivity contribution is 0.165. The van der Waals surface area contributed by atoms with Crippen molar-refractivity contribution in [3.05, 3.63) is 0 Å².